The van der Waals surface area contributed by atoms with E-state index in [0.29, 0.717) is 21.6 Å². The van der Waals surface area contributed by atoms with Crippen LogP contribution in [0.15, 0.2) is 30.5 Å². The van der Waals surface area contributed by atoms with E-state index in [1.54, 1.807) is 12.1 Å². The number of aromatic nitrogens is 1. The minimum Gasteiger partial charge on any atom is -0.397 e. The number of rotatable bonds is 4. The van der Waals surface area contributed by atoms with Crippen LogP contribution in [0.1, 0.15) is 28.9 Å². The molecule has 0 saturated heterocycles. The van der Waals surface area contributed by atoms with Crippen molar-refractivity contribution in [2.45, 2.75) is 13.0 Å². The van der Waals surface area contributed by atoms with Crippen LogP contribution in [0.5, 0.6) is 0 Å². The molecule has 21 heavy (non-hydrogen) atoms. The van der Waals surface area contributed by atoms with Crippen molar-refractivity contribution in [3.8, 4) is 0 Å². The van der Waals surface area contributed by atoms with Crippen LogP contribution in [-0.2, 0) is 0 Å². The number of nitrogens with two attached hydrogens (primary N) is 2. The second-order valence-corrected chi connectivity index (χ2v) is 5.40. The molecule has 0 fully saturated rings. The maximum Gasteiger partial charge on any atom is 0.252 e. The van der Waals surface area contributed by atoms with Gasteiger partial charge in [-0.05, 0) is 30.7 Å². The van der Waals surface area contributed by atoms with Gasteiger partial charge in [0.2, 0.25) is 0 Å². The summed E-state index contributed by atoms with van der Waals surface area (Å²) in [4.78, 5) is 15.6. The summed E-state index contributed by atoms with van der Waals surface area (Å²) >= 11 is 12.0. The zero-order valence-corrected chi connectivity index (χ0v) is 12.7. The van der Waals surface area contributed by atoms with Gasteiger partial charge in [0.05, 0.1) is 23.5 Å². The average molecular weight is 325 g/mol. The molecular formula is C14H14Cl2N4O. The quantitative estimate of drug-likeness (QED) is 0.804. The number of carbonyl (C=O) groups excluding carboxylic acids is 1. The number of pyridine rings is 1. The van der Waals surface area contributed by atoms with Gasteiger partial charge in [0.15, 0.2) is 0 Å². The molecular weight excluding hydrogens is 311 g/mol. The van der Waals surface area contributed by atoms with Gasteiger partial charge in [-0.2, -0.15) is 0 Å². The third-order valence-corrected chi connectivity index (χ3v) is 3.52. The van der Waals surface area contributed by atoms with Crippen LogP contribution in [0, 0.1) is 0 Å². The molecule has 2 rings (SSSR count). The second kappa shape index (κ2) is 6.20. The van der Waals surface area contributed by atoms with Crippen molar-refractivity contribution in [3.05, 3.63) is 51.6 Å². The number of hydrogen-bond donors (Lipinski definition) is 3. The molecule has 1 heterocycles. The van der Waals surface area contributed by atoms with E-state index in [-0.39, 0.29) is 11.6 Å². The van der Waals surface area contributed by atoms with E-state index in [9.17, 15) is 4.79 Å². The highest BCUT2D eigenvalue weighted by atomic mass is 35.5. The zero-order valence-electron chi connectivity index (χ0n) is 11.2. The third kappa shape index (κ3) is 3.56. The van der Waals surface area contributed by atoms with Gasteiger partial charge < -0.3 is 16.8 Å². The molecule has 110 valence electrons. The van der Waals surface area contributed by atoms with Crippen LogP contribution in [0.4, 0.5) is 11.5 Å². The summed E-state index contributed by atoms with van der Waals surface area (Å²) < 4.78 is 0. The number of nitrogen functional groups attached to an aromatic ring is 1. The van der Waals surface area contributed by atoms with E-state index in [1.165, 1.54) is 12.3 Å². The highest BCUT2D eigenvalue weighted by molar-refractivity contribution is 6.35. The normalized spacial score (nSPS) is 12.0. The van der Waals surface area contributed by atoms with Gasteiger partial charge in [0, 0.05) is 10.0 Å². The van der Waals surface area contributed by atoms with E-state index in [0.717, 1.165) is 5.56 Å². The number of primary amides is 1. The van der Waals surface area contributed by atoms with E-state index in [4.69, 9.17) is 34.7 Å². The first-order valence-corrected chi connectivity index (χ1v) is 6.91. The fraction of sp³-hybridized carbons (Fsp3) is 0.143. The van der Waals surface area contributed by atoms with Gasteiger partial charge >= 0.3 is 0 Å². The first-order valence-electron chi connectivity index (χ1n) is 6.15. The molecule has 5 N–H and O–H groups in total. The number of anilines is 2. The molecule has 0 aliphatic carbocycles. The van der Waals surface area contributed by atoms with E-state index in [2.05, 4.69) is 10.3 Å². The molecule has 7 heteroatoms. The zero-order chi connectivity index (χ0) is 15.6. The predicted octanol–water partition coefficient (Wildman–Crippen LogP) is 3.24. The smallest absolute Gasteiger partial charge is 0.252 e. The van der Waals surface area contributed by atoms with Gasteiger partial charge in [0.1, 0.15) is 5.82 Å². The van der Waals surface area contributed by atoms with Crippen LogP contribution in [-0.4, -0.2) is 10.9 Å². The number of hydrogen-bond acceptors (Lipinski definition) is 4. The lowest BCUT2D eigenvalue weighted by atomic mass is 10.1. The fourth-order valence-corrected chi connectivity index (χ4v) is 2.49. The van der Waals surface area contributed by atoms with Crippen LogP contribution in [0.25, 0.3) is 0 Å². The molecule has 1 atom stereocenters. The first kappa shape index (κ1) is 15.4. The molecule has 1 aromatic carbocycles. The number of nitrogens with zero attached hydrogens (tertiary/aromatic N) is 1. The van der Waals surface area contributed by atoms with Gasteiger partial charge in [-0.3, -0.25) is 4.79 Å². The highest BCUT2D eigenvalue weighted by Gasteiger charge is 2.15. The van der Waals surface area contributed by atoms with Gasteiger partial charge in [0.25, 0.3) is 5.91 Å². The molecule has 2 aromatic rings. The Kier molecular flexibility index (Phi) is 4.55. The third-order valence-electron chi connectivity index (χ3n) is 2.96. The van der Waals surface area contributed by atoms with E-state index in [1.807, 2.05) is 13.0 Å². The van der Waals surface area contributed by atoms with Crippen LogP contribution in [0.2, 0.25) is 10.0 Å². The summed E-state index contributed by atoms with van der Waals surface area (Å²) in [5.41, 5.74) is 12.4. The summed E-state index contributed by atoms with van der Waals surface area (Å²) in [5, 5.41) is 4.18. The molecule has 0 saturated carbocycles. The van der Waals surface area contributed by atoms with Crippen molar-refractivity contribution in [2.75, 3.05) is 11.1 Å². The van der Waals surface area contributed by atoms with Crippen molar-refractivity contribution >= 4 is 40.6 Å². The second-order valence-electron chi connectivity index (χ2n) is 4.56. The Labute approximate surface area is 132 Å². The number of carbonyl (C=O) groups is 1. The summed E-state index contributed by atoms with van der Waals surface area (Å²) in [6.07, 6.45) is 1.45. The standard InChI is InChI=1S/C14H14Cl2N4O/c1-7(10-3-2-8(15)4-12(10)16)20-14-11(13(18)21)5-9(17)6-19-14/h2-7H,17H2,1H3,(H2,18,21)(H,19,20). The Hall–Kier alpha value is -1.98. The molecule has 0 bridgehead atoms. The van der Waals surface area contributed by atoms with Crippen molar-refractivity contribution < 1.29 is 4.79 Å². The van der Waals surface area contributed by atoms with Gasteiger partial charge in [-0.25, -0.2) is 4.98 Å². The lowest BCUT2D eigenvalue weighted by Crippen LogP contribution is -2.17. The van der Waals surface area contributed by atoms with E-state index >= 15 is 0 Å². The maximum absolute atomic E-state index is 11.4. The summed E-state index contributed by atoms with van der Waals surface area (Å²) in [7, 11) is 0. The Morgan fingerprint density at radius 1 is 1.33 bits per heavy atom. The lowest BCUT2D eigenvalue weighted by molar-refractivity contribution is 0.100. The molecule has 1 unspecified atom stereocenters. The molecule has 0 radical (unpaired) electrons. The molecule has 0 aliphatic heterocycles. The average Bonchev–Trinajstić information content (AvgIpc) is 2.40. The van der Waals surface area contributed by atoms with Crippen molar-refractivity contribution in [1.82, 2.24) is 4.98 Å². The monoisotopic (exact) mass is 324 g/mol. The Bertz CT molecular complexity index is 691. The number of amides is 1. The number of halogens is 2. The molecule has 0 aliphatic rings. The van der Waals surface area contributed by atoms with Crippen molar-refractivity contribution in [1.29, 1.82) is 0 Å². The van der Waals surface area contributed by atoms with Crippen molar-refractivity contribution in [2.24, 2.45) is 5.73 Å². The Morgan fingerprint density at radius 3 is 2.67 bits per heavy atom. The topological polar surface area (TPSA) is 94.0 Å². The molecule has 5 nitrogen and oxygen atoms in total. The SMILES string of the molecule is CC(Nc1ncc(N)cc1C(N)=O)c1ccc(Cl)cc1Cl. The van der Waals surface area contributed by atoms with Crippen LogP contribution < -0.4 is 16.8 Å². The largest absolute Gasteiger partial charge is 0.397 e. The summed E-state index contributed by atoms with van der Waals surface area (Å²) in [5.74, 6) is -0.248. The van der Waals surface area contributed by atoms with Gasteiger partial charge in [-0.1, -0.05) is 29.3 Å². The molecule has 1 amide bonds. The van der Waals surface area contributed by atoms with Crippen LogP contribution >= 0.6 is 23.2 Å². The maximum atomic E-state index is 11.4. The van der Waals surface area contributed by atoms with Crippen molar-refractivity contribution in [3.63, 3.8) is 0 Å². The number of nitrogens with one attached hydrogen (secondary N) is 1. The van der Waals surface area contributed by atoms with Gasteiger partial charge in [-0.15, -0.1) is 0 Å². The van der Waals surface area contributed by atoms with Crippen LogP contribution in [0.3, 0.4) is 0 Å². The Balaban J connectivity index is 2.31. The minimum absolute atomic E-state index is 0.191. The van der Waals surface area contributed by atoms with E-state index < -0.39 is 5.91 Å². The Morgan fingerprint density at radius 2 is 2.05 bits per heavy atom. The summed E-state index contributed by atoms with van der Waals surface area (Å²) in [6.45, 7) is 1.89. The molecule has 0 spiro atoms. The molecule has 1 aromatic heterocycles. The lowest BCUT2D eigenvalue weighted by Gasteiger charge is -2.18. The summed E-state index contributed by atoms with van der Waals surface area (Å²) in [6, 6.07) is 6.50. The number of benzene rings is 1. The fourth-order valence-electron chi connectivity index (χ4n) is 1.92. The predicted molar refractivity (Wildman–Crippen MR) is 85.7 cm³/mol. The minimum atomic E-state index is -0.605. The first-order chi connectivity index (χ1) is 9.88. The highest BCUT2D eigenvalue weighted by Crippen LogP contribution is 2.29.